The molecule has 20 heavy (non-hydrogen) atoms. The lowest BCUT2D eigenvalue weighted by Crippen LogP contribution is -1.96. The fraction of sp³-hybridized carbons (Fsp3) is 0.143. The molecule has 0 aliphatic carbocycles. The molecule has 0 saturated heterocycles. The number of rotatable bonds is 5. The molecule has 2 N–H and O–H groups in total. The number of carboxylic acids is 1. The highest BCUT2D eigenvalue weighted by atomic mass is 16.5. The highest BCUT2D eigenvalue weighted by Gasteiger charge is 2.09. The topological polar surface area (TPSA) is 99.8 Å². The summed E-state index contributed by atoms with van der Waals surface area (Å²) in [5.74, 6) is -0.956. The number of carboxylic acid groups (broad SMARTS) is 1. The van der Waals surface area contributed by atoms with Gasteiger partial charge in [0.15, 0.2) is 11.5 Å². The van der Waals surface area contributed by atoms with Crippen molar-refractivity contribution in [3.8, 4) is 23.3 Å². The van der Waals surface area contributed by atoms with Gasteiger partial charge in [-0.15, -0.1) is 0 Å². The van der Waals surface area contributed by atoms with Gasteiger partial charge >= 0.3 is 5.97 Å². The number of allylic oxidation sites excluding steroid dienone is 2. The van der Waals surface area contributed by atoms with Crippen molar-refractivity contribution >= 4 is 12.0 Å². The van der Waals surface area contributed by atoms with Crippen LogP contribution in [-0.4, -0.2) is 30.4 Å². The molecule has 0 bridgehead atoms. The Morgan fingerprint density at radius 1 is 1.30 bits per heavy atom. The second-order valence-electron chi connectivity index (χ2n) is 3.63. The van der Waals surface area contributed by atoms with E-state index in [-0.39, 0.29) is 22.8 Å². The number of methoxy groups -OCH3 is 2. The first-order valence-corrected chi connectivity index (χ1v) is 5.50. The molecule has 6 nitrogen and oxygen atoms in total. The van der Waals surface area contributed by atoms with Crippen molar-refractivity contribution in [2.24, 2.45) is 0 Å². The van der Waals surface area contributed by atoms with Gasteiger partial charge in [0.05, 0.1) is 14.2 Å². The standard InChI is InChI=1S/C14H13NO5/c1-19-11-6-9(7-12(20-2)13(11)16)4-3-5-10(8-15)14(17)18/h3-7,16H,1-2H3,(H,17,18)/b4-3+,10-5+. The van der Waals surface area contributed by atoms with Crippen molar-refractivity contribution in [1.29, 1.82) is 5.26 Å². The fourth-order valence-corrected chi connectivity index (χ4v) is 1.42. The van der Waals surface area contributed by atoms with Crippen LogP contribution in [0.25, 0.3) is 6.08 Å². The average molecular weight is 275 g/mol. The maximum Gasteiger partial charge on any atom is 0.346 e. The minimum Gasteiger partial charge on any atom is -0.502 e. The third-order valence-corrected chi connectivity index (χ3v) is 2.40. The zero-order valence-corrected chi connectivity index (χ0v) is 11.0. The lowest BCUT2D eigenvalue weighted by molar-refractivity contribution is -0.132. The monoisotopic (exact) mass is 275 g/mol. The predicted molar refractivity (Wildman–Crippen MR) is 71.6 cm³/mol. The van der Waals surface area contributed by atoms with Gasteiger partial charge in [0.25, 0.3) is 0 Å². The minimum atomic E-state index is -1.29. The summed E-state index contributed by atoms with van der Waals surface area (Å²) in [4.78, 5) is 10.6. The Hall–Kier alpha value is -2.94. The van der Waals surface area contributed by atoms with Crippen molar-refractivity contribution in [2.45, 2.75) is 0 Å². The number of hydrogen-bond donors (Lipinski definition) is 2. The molecule has 0 atom stereocenters. The quantitative estimate of drug-likeness (QED) is 0.484. The number of nitriles is 1. The predicted octanol–water partition coefficient (Wildman–Crippen LogP) is 1.96. The number of aromatic hydroxyl groups is 1. The molecular weight excluding hydrogens is 262 g/mol. The molecule has 0 aromatic heterocycles. The molecule has 1 aromatic rings. The smallest absolute Gasteiger partial charge is 0.346 e. The van der Waals surface area contributed by atoms with Crippen LogP contribution in [-0.2, 0) is 4.79 Å². The van der Waals surface area contributed by atoms with Crippen molar-refractivity contribution in [1.82, 2.24) is 0 Å². The van der Waals surface area contributed by atoms with Crippen molar-refractivity contribution < 1.29 is 24.5 Å². The number of carbonyl (C=O) groups is 1. The Labute approximate surface area is 115 Å². The number of benzene rings is 1. The maximum absolute atomic E-state index is 10.6. The van der Waals surface area contributed by atoms with Crippen LogP contribution in [0.3, 0.4) is 0 Å². The Bertz CT molecular complexity index is 585. The van der Waals surface area contributed by atoms with E-state index >= 15 is 0 Å². The molecule has 0 spiro atoms. The number of hydrogen-bond acceptors (Lipinski definition) is 5. The van der Waals surface area contributed by atoms with E-state index in [0.717, 1.165) is 0 Å². The van der Waals surface area contributed by atoms with Gasteiger partial charge in [-0.1, -0.05) is 12.2 Å². The molecule has 104 valence electrons. The summed E-state index contributed by atoms with van der Waals surface area (Å²) in [5.41, 5.74) is 0.245. The lowest BCUT2D eigenvalue weighted by atomic mass is 10.1. The molecule has 1 rings (SSSR count). The van der Waals surface area contributed by atoms with E-state index in [1.165, 1.54) is 26.4 Å². The number of aliphatic carboxylic acids is 1. The zero-order valence-electron chi connectivity index (χ0n) is 11.0. The summed E-state index contributed by atoms with van der Waals surface area (Å²) in [5, 5.41) is 27.0. The summed E-state index contributed by atoms with van der Waals surface area (Å²) in [6, 6.07) is 4.66. The molecule has 1 aromatic carbocycles. The number of nitrogens with zero attached hydrogens (tertiary/aromatic N) is 1. The van der Waals surface area contributed by atoms with Gasteiger partial charge in [-0.2, -0.15) is 5.26 Å². The molecule has 0 saturated carbocycles. The normalized spacial score (nSPS) is 11.2. The second kappa shape index (κ2) is 6.85. The minimum absolute atomic E-state index is 0.119. The van der Waals surface area contributed by atoms with Gasteiger partial charge in [0.2, 0.25) is 5.75 Å². The second-order valence-corrected chi connectivity index (χ2v) is 3.63. The third kappa shape index (κ3) is 3.53. The fourth-order valence-electron chi connectivity index (χ4n) is 1.42. The summed E-state index contributed by atoms with van der Waals surface area (Å²) in [6.45, 7) is 0. The third-order valence-electron chi connectivity index (χ3n) is 2.40. The highest BCUT2D eigenvalue weighted by Crippen LogP contribution is 2.37. The van der Waals surface area contributed by atoms with Gasteiger partial charge in [-0.3, -0.25) is 0 Å². The number of ether oxygens (including phenoxy) is 2. The first-order chi connectivity index (χ1) is 9.53. The van der Waals surface area contributed by atoms with Gasteiger partial charge in [-0.05, 0) is 23.8 Å². The molecule has 0 fully saturated rings. The van der Waals surface area contributed by atoms with Gasteiger partial charge in [-0.25, -0.2) is 4.79 Å². The Morgan fingerprint density at radius 3 is 2.25 bits per heavy atom. The van der Waals surface area contributed by atoms with Crippen LogP contribution in [0.4, 0.5) is 0 Å². The maximum atomic E-state index is 10.6. The molecule has 0 aliphatic heterocycles. The van der Waals surface area contributed by atoms with Crippen molar-refractivity contribution in [3.63, 3.8) is 0 Å². The van der Waals surface area contributed by atoms with E-state index in [9.17, 15) is 9.90 Å². The number of phenolic OH excluding ortho intramolecular Hbond substituents is 1. The summed E-state index contributed by atoms with van der Waals surface area (Å²) in [6.07, 6.45) is 4.15. The molecule has 0 amide bonds. The molecule has 0 radical (unpaired) electrons. The Morgan fingerprint density at radius 2 is 1.85 bits per heavy atom. The summed E-state index contributed by atoms with van der Waals surface area (Å²) >= 11 is 0. The summed E-state index contributed by atoms with van der Waals surface area (Å²) in [7, 11) is 2.81. The van der Waals surface area contributed by atoms with Gasteiger partial charge in [0.1, 0.15) is 11.6 Å². The van der Waals surface area contributed by atoms with E-state index in [1.54, 1.807) is 24.3 Å². The van der Waals surface area contributed by atoms with Crippen LogP contribution in [0.15, 0.2) is 29.9 Å². The van der Waals surface area contributed by atoms with E-state index in [2.05, 4.69) is 0 Å². The highest BCUT2D eigenvalue weighted by molar-refractivity contribution is 5.91. The van der Waals surface area contributed by atoms with Crippen LogP contribution in [0, 0.1) is 11.3 Å². The number of phenols is 1. The van der Waals surface area contributed by atoms with E-state index in [1.807, 2.05) is 0 Å². The van der Waals surface area contributed by atoms with Crippen LogP contribution in [0.1, 0.15) is 5.56 Å². The Kier molecular flexibility index (Phi) is 5.18. The zero-order chi connectivity index (χ0) is 15.1. The molecule has 0 unspecified atom stereocenters. The largest absolute Gasteiger partial charge is 0.502 e. The molecule has 6 heteroatoms. The van der Waals surface area contributed by atoms with Crippen LogP contribution in [0.2, 0.25) is 0 Å². The first-order valence-electron chi connectivity index (χ1n) is 5.50. The van der Waals surface area contributed by atoms with Gasteiger partial charge in [0, 0.05) is 0 Å². The lowest BCUT2D eigenvalue weighted by Gasteiger charge is -2.09. The molecule has 0 aliphatic rings. The molecular formula is C14H13NO5. The SMILES string of the molecule is COc1cc(/C=C/C=C(\C#N)C(=O)O)cc(OC)c1O. The van der Waals surface area contributed by atoms with E-state index < -0.39 is 5.97 Å². The summed E-state index contributed by atoms with van der Waals surface area (Å²) < 4.78 is 9.98. The molecule has 0 heterocycles. The van der Waals surface area contributed by atoms with Crippen LogP contribution in [0.5, 0.6) is 17.2 Å². The Balaban J connectivity index is 3.10. The van der Waals surface area contributed by atoms with Crippen LogP contribution >= 0.6 is 0 Å². The van der Waals surface area contributed by atoms with E-state index in [4.69, 9.17) is 19.8 Å². The van der Waals surface area contributed by atoms with Crippen LogP contribution < -0.4 is 9.47 Å². The van der Waals surface area contributed by atoms with Crippen molar-refractivity contribution in [3.05, 3.63) is 35.4 Å². The van der Waals surface area contributed by atoms with Gasteiger partial charge < -0.3 is 19.7 Å². The first kappa shape index (κ1) is 15.1. The van der Waals surface area contributed by atoms with Crippen molar-refractivity contribution in [2.75, 3.05) is 14.2 Å². The average Bonchev–Trinajstić information content (AvgIpc) is 2.44. The van der Waals surface area contributed by atoms with E-state index in [0.29, 0.717) is 5.56 Å².